The summed E-state index contributed by atoms with van der Waals surface area (Å²) in [6.07, 6.45) is 2.36. The Balaban J connectivity index is 0.000000531. The van der Waals surface area contributed by atoms with Crippen molar-refractivity contribution in [3.63, 3.8) is 0 Å². The fraction of sp³-hybridized carbons (Fsp3) is 0.429. The van der Waals surface area contributed by atoms with Gasteiger partial charge in [0.15, 0.2) is 0 Å². The molecule has 1 aromatic carbocycles. The molecule has 1 N–H and O–H groups in total. The van der Waals surface area contributed by atoms with Crippen LogP contribution < -0.4 is 0 Å². The minimum absolute atomic E-state index is 1.15. The van der Waals surface area contributed by atoms with Gasteiger partial charge in [-0.3, -0.25) is 0 Å². The van der Waals surface area contributed by atoms with Gasteiger partial charge in [-0.1, -0.05) is 45.4 Å². The third-order valence-electron chi connectivity index (χ3n) is 2.57. The van der Waals surface area contributed by atoms with Crippen molar-refractivity contribution in [2.24, 2.45) is 0 Å². The van der Waals surface area contributed by atoms with Gasteiger partial charge in [-0.2, -0.15) is 0 Å². The fourth-order valence-corrected chi connectivity index (χ4v) is 1.84. The van der Waals surface area contributed by atoms with E-state index in [9.17, 15) is 0 Å². The molecule has 1 nitrogen and oxygen atoms in total. The first kappa shape index (κ1) is 11.8. The first-order chi connectivity index (χ1) is 7.33. The third-order valence-corrected chi connectivity index (χ3v) is 2.57. The van der Waals surface area contributed by atoms with E-state index in [0.717, 1.165) is 6.42 Å². The topological polar surface area (TPSA) is 15.8 Å². The van der Waals surface area contributed by atoms with Crippen molar-refractivity contribution in [2.45, 2.75) is 40.5 Å². The van der Waals surface area contributed by atoms with E-state index in [0.29, 0.717) is 0 Å². The summed E-state index contributed by atoms with van der Waals surface area (Å²) in [5.74, 6) is 0. The smallest absolute Gasteiger partial charge is 0.0458 e. The standard InChI is InChI=1S/C12H15N.C2H6/c1-3-6-11-9(2)10-7-4-5-8-12(10)13-11;1-2/h4-5,7-8,13H,3,6H2,1-2H3;1-2H3. The van der Waals surface area contributed by atoms with E-state index in [2.05, 4.69) is 43.1 Å². The first-order valence-electron chi connectivity index (χ1n) is 5.89. The van der Waals surface area contributed by atoms with Crippen molar-refractivity contribution in [3.8, 4) is 0 Å². The number of aromatic nitrogens is 1. The Kier molecular flexibility index (Phi) is 4.41. The largest absolute Gasteiger partial charge is 0.358 e. The van der Waals surface area contributed by atoms with Crippen LogP contribution in [0.25, 0.3) is 10.9 Å². The van der Waals surface area contributed by atoms with Crippen molar-refractivity contribution < 1.29 is 0 Å². The van der Waals surface area contributed by atoms with Gasteiger partial charge in [0.05, 0.1) is 0 Å². The molecule has 0 aliphatic carbocycles. The van der Waals surface area contributed by atoms with Gasteiger partial charge in [0.25, 0.3) is 0 Å². The van der Waals surface area contributed by atoms with Gasteiger partial charge >= 0.3 is 0 Å². The van der Waals surface area contributed by atoms with Crippen LogP contribution in [0.15, 0.2) is 24.3 Å². The highest BCUT2D eigenvalue weighted by molar-refractivity contribution is 5.84. The number of aromatic amines is 1. The summed E-state index contributed by atoms with van der Waals surface area (Å²) in [6, 6.07) is 8.49. The van der Waals surface area contributed by atoms with Gasteiger partial charge in [0.1, 0.15) is 0 Å². The molecule has 15 heavy (non-hydrogen) atoms. The maximum absolute atomic E-state index is 3.46. The van der Waals surface area contributed by atoms with Crippen molar-refractivity contribution in [3.05, 3.63) is 35.5 Å². The van der Waals surface area contributed by atoms with Gasteiger partial charge in [0, 0.05) is 16.6 Å². The summed E-state index contributed by atoms with van der Waals surface area (Å²) < 4.78 is 0. The Bertz CT molecular complexity index is 412. The normalized spacial score (nSPS) is 9.87. The summed E-state index contributed by atoms with van der Waals surface area (Å²) in [5, 5.41) is 1.37. The summed E-state index contributed by atoms with van der Waals surface area (Å²) in [5.41, 5.74) is 4.07. The molecule has 0 bridgehead atoms. The van der Waals surface area contributed by atoms with Crippen LogP contribution in [0.3, 0.4) is 0 Å². The molecule has 0 aliphatic heterocycles. The van der Waals surface area contributed by atoms with Crippen molar-refractivity contribution in [1.29, 1.82) is 0 Å². The zero-order valence-electron chi connectivity index (χ0n) is 10.2. The van der Waals surface area contributed by atoms with Gasteiger partial charge < -0.3 is 4.98 Å². The quantitative estimate of drug-likeness (QED) is 0.742. The zero-order valence-corrected chi connectivity index (χ0v) is 10.2. The van der Waals surface area contributed by atoms with Gasteiger partial charge in [0.2, 0.25) is 0 Å². The van der Waals surface area contributed by atoms with Crippen LogP contribution in [0.5, 0.6) is 0 Å². The van der Waals surface area contributed by atoms with Crippen LogP contribution in [0.1, 0.15) is 38.4 Å². The zero-order chi connectivity index (χ0) is 11.3. The molecule has 2 aromatic rings. The van der Waals surface area contributed by atoms with Crippen LogP contribution in [-0.4, -0.2) is 4.98 Å². The lowest BCUT2D eigenvalue weighted by Gasteiger charge is -1.94. The lowest BCUT2D eigenvalue weighted by molar-refractivity contribution is 0.888. The van der Waals surface area contributed by atoms with Crippen LogP contribution in [0.4, 0.5) is 0 Å². The van der Waals surface area contributed by atoms with Gasteiger partial charge in [-0.05, 0) is 25.0 Å². The van der Waals surface area contributed by atoms with Gasteiger partial charge in [-0.25, -0.2) is 0 Å². The average molecular weight is 203 g/mol. The van der Waals surface area contributed by atoms with Crippen LogP contribution in [0, 0.1) is 6.92 Å². The highest BCUT2D eigenvalue weighted by atomic mass is 14.7. The summed E-state index contributed by atoms with van der Waals surface area (Å²) in [4.78, 5) is 3.46. The number of nitrogens with one attached hydrogen (secondary N) is 1. The average Bonchev–Trinajstić information content (AvgIpc) is 2.60. The molecule has 0 unspecified atom stereocenters. The molecule has 0 aliphatic rings. The summed E-state index contributed by atoms with van der Waals surface area (Å²) in [6.45, 7) is 8.41. The number of aryl methyl sites for hydroxylation is 2. The molecule has 0 amide bonds. The Morgan fingerprint density at radius 1 is 1.13 bits per heavy atom. The minimum Gasteiger partial charge on any atom is -0.358 e. The van der Waals surface area contributed by atoms with E-state index in [1.54, 1.807) is 0 Å². The molecule has 0 radical (unpaired) electrons. The highest BCUT2D eigenvalue weighted by Crippen LogP contribution is 2.21. The molecular formula is C14H21N. The SMILES string of the molecule is CC.CCCc1[nH]c2ccccc2c1C. The molecule has 1 heteroatoms. The lowest BCUT2D eigenvalue weighted by atomic mass is 10.1. The number of fused-ring (bicyclic) bond motifs is 1. The maximum Gasteiger partial charge on any atom is 0.0458 e. The molecule has 0 saturated heterocycles. The van der Waals surface area contributed by atoms with E-state index < -0.39 is 0 Å². The molecular weight excluding hydrogens is 182 g/mol. The van der Waals surface area contributed by atoms with E-state index >= 15 is 0 Å². The maximum atomic E-state index is 3.46. The van der Waals surface area contributed by atoms with Crippen molar-refractivity contribution >= 4 is 10.9 Å². The second kappa shape index (κ2) is 5.59. The number of rotatable bonds is 2. The molecule has 2 rings (SSSR count). The van der Waals surface area contributed by atoms with E-state index in [1.165, 1.54) is 28.6 Å². The fourth-order valence-electron chi connectivity index (χ4n) is 1.84. The number of para-hydroxylation sites is 1. The van der Waals surface area contributed by atoms with E-state index in [-0.39, 0.29) is 0 Å². The van der Waals surface area contributed by atoms with Crippen LogP contribution in [-0.2, 0) is 6.42 Å². The number of hydrogen-bond acceptors (Lipinski definition) is 0. The Labute approximate surface area is 92.5 Å². The van der Waals surface area contributed by atoms with Crippen LogP contribution in [0.2, 0.25) is 0 Å². The van der Waals surface area contributed by atoms with E-state index in [4.69, 9.17) is 0 Å². The Hall–Kier alpha value is -1.24. The molecule has 0 spiro atoms. The second-order valence-corrected chi connectivity index (χ2v) is 3.52. The molecule has 0 saturated carbocycles. The lowest BCUT2D eigenvalue weighted by Crippen LogP contribution is -1.84. The Morgan fingerprint density at radius 2 is 1.80 bits per heavy atom. The second-order valence-electron chi connectivity index (χ2n) is 3.52. The third kappa shape index (κ3) is 2.41. The monoisotopic (exact) mass is 203 g/mol. The van der Waals surface area contributed by atoms with Crippen molar-refractivity contribution in [2.75, 3.05) is 0 Å². The predicted octanol–water partition coefficient (Wildman–Crippen LogP) is 4.46. The number of H-pyrrole nitrogens is 1. The molecule has 0 fully saturated rings. The summed E-state index contributed by atoms with van der Waals surface area (Å²) >= 11 is 0. The van der Waals surface area contributed by atoms with Crippen molar-refractivity contribution in [1.82, 2.24) is 4.98 Å². The highest BCUT2D eigenvalue weighted by Gasteiger charge is 2.04. The van der Waals surface area contributed by atoms with Crippen LogP contribution >= 0.6 is 0 Å². The Morgan fingerprint density at radius 3 is 2.40 bits per heavy atom. The minimum atomic E-state index is 1.15. The van der Waals surface area contributed by atoms with E-state index in [1.807, 2.05) is 13.8 Å². The molecule has 1 aromatic heterocycles. The molecule has 82 valence electrons. The number of hydrogen-bond donors (Lipinski definition) is 1. The summed E-state index contributed by atoms with van der Waals surface area (Å²) in [7, 11) is 0. The molecule has 1 heterocycles. The first-order valence-corrected chi connectivity index (χ1v) is 5.89. The number of benzene rings is 1. The van der Waals surface area contributed by atoms with Gasteiger partial charge in [-0.15, -0.1) is 0 Å². The predicted molar refractivity (Wildman–Crippen MR) is 68.4 cm³/mol. The molecule has 0 atom stereocenters.